The van der Waals surface area contributed by atoms with E-state index in [0.717, 1.165) is 0 Å². The number of hydrogen-bond donors (Lipinski definition) is 2. The molecule has 0 bridgehead atoms. The first-order chi connectivity index (χ1) is 21.3. The summed E-state index contributed by atoms with van der Waals surface area (Å²) in [6, 6.07) is 20.3. The minimum absolute atomic E-state index is 0.0743. The van der Waals surface area contributed by atoms with Gasteiger partial charge in [-0.1, -0.05) is 38.1 Å². The van der Waals surface area contributed by atoms with Gasteiger partial charge in [-0.2, -0.15) is 4.98 Å². The number of para-hydroxylation sites is 1. The Morgan fingerprint density at radius 3 is 2.18 bits per heavy atom. The number of hydrogen-bond acceptors (Lipinski definition) is 9. The first-order valence-electron chi connectivity index (χ1n) is 14.2. The predicted octanol–water partition coefficient (Wildman–Crippen LogP) is 4.41. The van der Waals surface area contributed by atoms with Crippen molar-refractivity contribution in [2.75, 3.05) is 24.9 Å². The van der Waals surface area contributed by atoms with Gasteiger partial charge >= 0.3 is 5.69 Å². The third-order valence-electron chi connectivity index (χ3n) is 8.28. The zero-order valence-corrected chi connectivity index (χ0v) is 26.1. The van der Waals surface area contributed by atoms with Gasteiger partial charge in [0, 0.05) is 34.9 Å². The normalized spacial score (nSPS) is 17.5. The van der Waals surface area contributed by atoms with E-state index in [0.29, 0.717) is 51.7 Å². The number of fused-ring (bicyclic) bond motifs is 1. The second kappa shape index (κ2) is 10.9. The van der Waals surface area contributed by atoms with E-state index in [1.54, 1.807) is 60.5 Å². The second-order valence-electron chi connectivity index (χ2n) is 11.9. The molecule has 1 aliphatic carbocycles. The molecule has 11 nitrogen and oxygen atoms in total. The van der Waals surface area contributed by atoms with Crippen LogP contribution in [-0.2, 0) is 14.8 Å². The van der Waals surface area contributed by atoms with Crippen LogP contribution in [0.25, 0.3) is 5.69 Å². The highest BCUT2D eigenvalue weighted by molar-refractivity contribution is 7.89. The topological polar surface area (TPSA) is 160 Å². The summed E-state index contributed by atoms with van der Waals surface area (Å²) >= 11 is 0. The molecule has 2 heterocycles. The molecule has 0 amide bonds. The van der Waals surface area contributed by atoms with Crippen LogP contribution in [0.4, 0.5) is 17.3 Å². The molecule has 4 aromatic rings. The molecule has 0 spiro atoms. The number of ether oxygens (including phenoxy) is 2. The van der Waals surface area contributed by atoms with E-state index in [1.807, 2.05) is 26.0 Å². The Kier molecular flexibility index (Phi) is 7.29. The summed E-state index contributed by atoms with van der Waals surface area (Å²) in [5, 5.41) is 5.37. The van der Waals surface area contributed by atoms with Crippen molar-refractivity contribution >= 4 is 33.1 Å². The molecule has 12 heteroatoms. The molecule has 0 fully saturated rings. The maximum atomic E-state index is 14.2. The molecule has 4 N–H and O–H groups in total. The fourth-order valence-electron chi connectivity index (χ4n) is 6.34. The lowest BCUT2D eigenvalue weighted by atomic mass is 9.68. The summed E-state index contributed by atoms with van der Waals surface area (Å²) in [5.74, 6) is 0.560. The third-order valence-corrected chi connectivity index (χ3v) is 9.21. The molecule has 232 valence electrons. The molecule has 0 saturated carbocycles. The zero-order valence-electron chi connectivity index (χ0n) is 25.3. The van der Waals surface area contributed by atoms with Crippen LogP contribution in [0.5, 0.6) is 11.5 Å². The fourth-order valence-corrected chi connectivity index (χ4v) is 6.86. The molecule has 6 rings (SSSR count). The summed E-state index contributed by atoms with van der Waals surface area (Å²) in [6.45, 7) is 4.01. The fraction of sp³-hybridized carbons (Fsp3) is 0.242. The number of nitrogens with two attached hydrogens (primary N) is 2. The smallest absolute Gasteiger partial charge is 0.355 e. The lowest BCUT2D eigenvalue weighted by Crippen LogP contribution is -2.41. The van der Waals surface area contributed by atoms with Crippen molar-refractivity contribution in [1.29, 1.82) is 0 Å². The highest BCUT2D eigenvalue weighted by Crippen LogP contribution is 2.54. The highest BCUT2D eigenvalue weighted by atomic mass is 32.2. The van der Waals surface area contributed by atoms with Crippen LogP contribution >= 0.6 is 0 Å². The van der Waals surface area contributed by atoms with Gasteiger partial charge < -0.3 is 15.2 Å². The third kappa shape index (κ3) is 5.15. The predicted molar refractivity (Wildman–Crippen MR) is 171 cm³/mol. The molecule has 1 aliphatic heterocycles. The molecular weight excluding hydrogens is 594 g/mol. The maximum Gasteiger partial charge on any atom is 0.355 e. The summed E-state index contributed by atoms with van der Waals surface area (Å²) in [4.78, 5) is 34.3. The Morgan fingerprint density at radius 1 is 0.889 bits per heavy atom. The first kappa shape index (κ1) is 30.1. The largest absolute Gasteiger partial charge is 0.493 e. The molecule has 3 aromatic carbocycles. The monoisotopic (exact) mass is 627 g/mol. The molecule has 1 unspecified atom stereocenters. The number of methoxy groups -OCH3 is 2. The van der Waals surface area contributed by atoms with Crippen molar-refractivity contribution in [3.8, 4) is 17.2 Å². The summed E-state index contributed by atoms with van der Waals surface area (Å²) in [7, 11) is -0.889. The van der Waals surface area contributed by atoms with E-state index >= 15 is 0 Å². The Bertz CT molecular complexity index is 2040. The van der Waals surface area contributed by atoms with Crippen LogP contribution in [0, 0.1) is 5.41 Å². The van der Waals surface area contributed by atoms with E-state index in [9.17, 15) is 18.0 Å². The number of benzene rings is 3. The minimum atomic E-state index is -3.96. The number of primary sulfonamides is 1. The van der Waals surface area contributed by atoms with Crippen molar-refractivity contribution in [2.45, 2.75) is 37.5 Å². The van der Waals surface area contributed by atoms with Crippen molar-refractivity contribution in [2.24, 2.45) is 10.6 Å². The Hall–Kier alpha value is -4.94. The number of nitrogens with zero attached hydrogens (tertiary/aromatic N) is 3. The number of rotatable bonds is 6. The van der Waals surface area contributed by atoms with Gasteiger partial charge in [0.25, 0.3) is 0 Å². The van der Waals surface area contributed by atoms with Gasteiger partial charge in [0.1, 0.15) is 5.82 Å². The number of Topliss-reactive ketones (excluding diaryl/α,β-unsaturated/α-hetero) is 1. The lowest BCUT2D eigenvalue weighted by Gasteiger charge is -2.44. The summed E-state index contributed by atoms with van der Waals surface area (Å²) < 4.78 is 36.5. The van der Waals surface area contributed by atoms with Gasteiger partial charge in [-0.15, -0.1) is 0 Å². The van der Waals surface area contributed by atoms with E-state index in [2.05, 4.69) is 4.98 Å². The number of allylic oxidation sites excluding steroid dienone is 2. The molecule has 1 aromatic heterocycles. The van der Waals surface area contributed by atoms with Crippen molar-refractivity contribution < 1.29 is 22.7 Å². The SMILES string of the molecule is COc1ccc(C2C3=C(CC(C)(C)CC3=O)N(c3ccc(S(N)(=O)=O)cc3)c3nc(=O)n(-c4ccccc4)c(N)c32)cc1OC. The van der Waals surface area contributed by atoms with Gasteiger partial charge in [-0.25, -0.2) is 22.9 Å². The van der Waals surface area contributed by atoms with E-state index in [4.69, 9.17) is 20.3 Å². The highest BCUT2D eigenvalue weighted by Gasteiger charge is 2.46. The van der Waals surface area contributed by atoms with Crippen molar-refractivity contribution in [3.63, 3.8) is 0 Å². The van der Waals surface area contributed by atoms with Gasteiger partial charge in [0.05, 0.1) is 24.8 Å². The van der Waals surface area contributed by atoms with Crippen LogP contribution in [-0.4, -0.2) is 38.0 Å². The van der Waals surface area contributed by atoms with Gasteiger partial charge in [0.2, 0.25) is 10.0 Å². The Morgan fingerprint density at radius 2 is 1.56 bits per heavy atom. The number of ketones is 1. The standard InChI is InChI=1S/C33H33N5O6S/c1-33(2)17-23-28(24(39)18-33)27(19-10-15-25(43-3)26(16-19)44-4)29-30(34)38(20-8-6-5-7-9-20)32(40)36-31(29)37(23)21-11-13-22(14-12-21)45(35,41)42/h5-16,27H,17-18,34H2,1-4H3,(H2,35,41,42). The lowest BCUT2D eigenvalue weighted by molar-refractivity contribution is -0.118. The summed E-state index contributed by atoms with van der Waals surface area (Å²) in [5.41, 5.74) is 9.24. The van der Waals surface area contributed by atoms with Crippen LogP contribution in [0.15, 0.2) is 93.8 Å². The quantitative estimate of drug-likeness (QED) is 0.316. The Labute approximate surface area is 260 Å². The van der Waals surface area contributed by atoms with E-state index in [1.165, 1.54) is 23.8 Å². The number of aromatic nitrogens is 2. The van der Waals surface area contributed by atoms with Crippen LogP contribution < -0.4 is 30.9 Å². The summed E-state index contributed by atoms with van der Waals surface area (Å²) in [6.07, 6.45) is 0.756. The average Bonchev–Trinajstić information content (AvgIpc) is 2.99. The number of sulfonamides is 1. The van der Waals surface area contributed by atoms with Crippen molar-refractivity contribution in [1.82, 2.24) is 9.55 Å². The molecule has 0 radical (unpaired) electrons. The Balaban J connectivity index is 1.72. The van der Waals surface area contributed by atoms with Crippen molar-refractivity contribution in [3.05, 3.63) is 106 Å². The zero-order chi connectivity index (χ0) is 32.3. The molecular formula is C33H33N5O6S. The van der Waals surface area contributed by atoms with Crippen LogP contribution in [0.3, 0.4) is 0 Å². The first-order valence-corrected chi connectivity index (χ1v) is 15.8. The number of anilines is 3. The maximum absolute atomic E-state index is 14.2. The molecule has 45 heavy (non-hydrogen) atoms. The van der Waals surface area contributed by atoms with Gasteiger partial charge in [-0.3, -0.25) is 9.69 Å². The second-order valence-corrected chi connectivity index (χ2v) is 13.5. The van der Waals surface area contributed by atoms with Crippen LogP contribution in [0.1, 0.15) is 43.7 Å². The van der Waals surface area contributed by atoms with Crippen LogP contribution in [0.2, 0.25) is 0 Å². The molecule has 0 saturated heterocycles. The van der Waals surface area contributed by atoms with E-state index < -0.39 is 27.0 Å². The number of carbonyl (C=O) groups is 1. The number of nitrogen functional groups attached to an aromatic ring is 1. The van der Waals surface area contributed by atoms with Gasteiger partial charge in [-0.05, 0) is 65.9 Å². The van der Waals surface area contributed by atoms with E-state index in [-0.39, 0.29) is 28.7 Å². The average molecular weight is 628 g/mol. The molecule has 2 aliphatic rings. The number of carbonyl (C=O) groups excluding carboxylic acids is 1. The minimum Gasteiger partial charge on any atom is -0.493 e. The molecule has 1 atom stereocenters. The van der Waals surface area contributed by atoms with Gasteiger partial charge in [0.15, 0.2) is 23.1 Å².